The van der Waals surface area contributed by atoms with Crippen LogP contribution in [0.15, 0.2) is 17.2 Å². The van der Waals surface area contributed by atoms with Crippen molar-refractivity contribution in [2.75, 3.05) is 18.8 Å². The lowest BCUT2D eigenvalue weighted by Gasteiger charge is -2.24. The van der Waals surface area contributed by atoms with Crippen LogP contribution in [0.25, 0.3) is 0 Å². The molecule has 3 rings (SSSR count). The summed E-state index contributed by atoms with van der Waals surface area (Å²) in [5.41, 5.74) is 0.796. The molecule has 1 aliphatic heterocycles. The van der Waals surface area contributed by atoms with Crippen LogP contribution in [0.2, 0.25) is 0 Å². The quantitative estimate of drug-likeness (QED) is 0.813. The fraction of sp³-hybridized carbons (Fsp3) is 0.692. The molecule has 1 aromatic rings. The third-order valence-corrected chi connectivity index (χ3v) is 6.17. The lowest BCUT2D eigenvalue weighted by Crippen LogP contribution is -2.32. The van der Waals surface area contributed by atoms with Crippen LogP contribution in [0, 0.1) is 0 Å². The van der Waals surface area contributed by atoms with Gasteiger partial charge in [-0.05, 0) is 19.3 Å². The standard InChI is InChI=1S/C13H19N3O3S/c17-13-9-12(11-3-1-4-11)14-10-15(13)6-7-16-5-2-8-20(16,18)19/h9-11H,1-8H2. The molecule has 2 fully saturated rings. The Morgan fingerprint density at radius 1 is 1.25 bits per heavy atom. The summed E-state index contributed by atoms with van der Waals surface area (Å²) in [6, 6.07) is 1.60. The van der Waals surface area contributed by atoms with Crippen molar-refractivity contribution in [2.24, 2.45) is 0 Å². The van der Waals surface area contributed by atoms with Crippen LogP contribution in [0.5, 0.6) is 0 Å². The van der Waals surface area contributed by atoms with Gasteiger partial charge in [-0.25, -0.2) is 17.7 Å². The summed E-state index contributed by atoms with van der Waals surface area (Å²) in [6.45, 7) is 1.29. The van der Waals surface area contributed by atoms with Gasteiger partial charge < -0.3 is 0 Å². The van der Waals surface area contributed by atoms with Crippen molar-refractivity contribution in [1.29, 1.82) is 0 Å². The Balaban J connectivity index is 1.67. The molecule has 1 aromatic heterocycles. The molecule has 2 aliphatic rings. The molecule has 20 heavy (non-hydrogen) atoms. The van der Waals surface area contributed by atoms with E-state index in [2.05, 4.69) is 4.98 Å². The van der Waals surface area contributed by atoms with Gasteiger partial charge in [0.25, 0.3) is 5.56 Å². The Bertz CT molecular complexity index is 649. The molecule has 1 saturated heterocycles. The average molecular weight is 297 g/mol. The minimum atomic E-state index is -3.09. The van der Waals surface area contributed by atoms with Gasteiger partial charge in [0.15, 0.2) is 0 Å². The number of aromatic nitrogens is 2. The highest BCUT2D eigenvalue weighted by molar-refractivity contribution is 7.89. The van der Waals surface area contributed by atoms with E-state index in [0.717, 1.165) is 18.5 Å². The van der Waals surface area contributed by atoms with Crippen molar-refractivity contribution in [3.05, 3.63) is 28.4 Å². The van der Waals surface area contributed by atoms with E-state index in [4.69, 9.17) is 0 Å². The molecule has 1 saturated carbocycles. The molecule has 0 bridgehead atoms. The zero-order chi connectivity index (χ0) is 14.2. The first-order chi connectivity index (χ1) is 9.56. The highest BCUT2D eigenvalue weighted by Gasteiger charge is 2.27. The lowest BCUT2D eigenvalue weighted by molar-refractivity contribution is 0.401. The number of sulfonamides is 1. The van der Waals surface area contributed by atoms with Crippen LogP contribution >= 0.6 is 0 Å². The molecule has 0 N–H and O–H groups in total. The molecular formula is C13H19N3O3S. The maximum absolute atomic E-state index is 12.0. The average Bonchev–Trinajstić information content (AvgIpc) is 2.65. The zero-order valence-electron chi connectivity index (χ0n) is 11.4. The van der Waals surface area contributed by atoms with E-state index in [1.54, 1.807) is 12.4 Å². The maximum atomic E-state index is 12.0. The second-order valence-corrected chi connectivity index (χ2v) is 7.63. The van der Waals surface area contributed by atoms with E-state index in [0.29, 0.717) is 32.0 Å². The monoisotopic (exact) mass is 297 g/mol. The number of hydrogen-bond donors (Lipinski definition) is 0. The molecule has 0 unspecified atom stereocenters. The van der Waals surface area contributed by atoms with E-state index in [1.807, 2.05) is 0 Å². The third kappa shape index (κ3) is 2.64. The fourth-order valence-electron chi connectivity index (χ4n) is 2.70. The third-order valence-electron chi connectivity index (χ3n) is 4.22. The minimum Gasteiger partial charge on any atom is -0.298 e. The lowest BCUT2D eigenvalue weighted by atomic mass is 9.83. The normalized spacial score (nSPS) is 22.8. The van der Waals surface area contributed by atoms with Gasteiger partial charge in [0.2, 0.25) is 10.0 Å². The van der Waals surface area contributed by atoms with Crippen LogP contribution in [-0.2, 0) is 16.6 Å². The molecule has 2 heterocycles. The Morgan fingerprint density at radius 2 is 2.05 bits per heavy atom. The van der Waals surface area contributed by atoms with Crippen molar-refractivity contribution in [3.63, 3.8) is 0 Å². The largest absolute Gasteiger partial charge is 0.298 e. The molecule has 1 aliphatic carbocycles. The predicted molar refractivity (Wildman–Crippen MR) is 75.1 cm³/mol. The van der Waals surface area contributed by atoms with Gasteiger partial charge in [0.1, 0.15) is 0 Å². The fourth-order valence-corrected chi connectivity index (χ4v) is 4.22. The first-order valence-corrected chi connectivity index (χ1v) is 8.71. The molecule has 0 spiro atoms. The Kier molecular flexibility index (Phi) is 3.64. The summed E-state index contributed by atoms with van der Waals surface area (Å²) in [5.74, 6) is 0.664. The van der Waals surface area contributed by atoms with Crippen molar-refractivity contribution in [3.8, 4) is 0 Å². The topological polar surface area (TPSA) is 72.3 Å². The molecule has 0 amide bonds. The second-order valence-electron chi connectivity index (χ2n) is 5.54. The van der Waals surface area contributed by atoms with Crippen LogP contribution in [0.1, 0.15) is 37.3 Å². The van der Waals surface area contributed by atoms with Gasteiger partial charge >= 0.3 is 0 Å². The second kappa shape index (κ2) is 5.29. The van der Waals surface area contributed by atoms with Crippen molar-refractivity contribution in [1.82, 2.24) is 13.9 Å². The van der Waals surface area contributed by atoms with Crippen LogP contribution in [0.4, 0.5) is 0 Å². The molecule has 110 valence electrons. The van der Waals surface area contributed by atoms with Crippen LogP contribution in [0.3, 0.4) is 0 Å². The highest BCUT2D eigenvalue weighted by atomic mass is 32.2. The van der Waals surface area contributed by atoms with Crippen molar-refractivity contribution < 1.29 is 8.42 Å². The van der Waals surface area contributed by atoms with E-state index in [-0.39, 0.29) is 11.3 Å². The van der Waals surface area contributed by atoms with Gasteiger partial charge in [0, 0.05) is 31.6 Å². The van der Waals surface area contributed by atoms with Gasteiger partial charge in [-0.15, -0.1) is 0 Å². The maximum Gasteiger partial charge on any atom is 0.253 e. The van der Waals surface area contributed by atoms with Gasteiger partial charge in [-0.1, -0.05) is 6.42 Å². The Hall–Kier alpha value is -1.21. The summed E-state index contributed by atoms with van der Waals surface area (Å²) >= 11 is 0. The highest BCUT2D eigenvalue weighted by Crippen LogP contribution is 2.34. The molecule has 0 aromatic carbocycles. The molecular weight excluding hydrogens is 278 g/mol. The molecule has 7 heteroatoms. The SMILES string of the molecule is O=c1cc(C2CCC2)ncn1CCN1CCCS1(=O)=O. The van der Waals surface area contributed by atoms with Crippen LogP contribution < -0.4 is 5.56 Å². The van der Waals surface area contributed by atoms with Gasteiger partial charge in [0.05, 0.1) is 17.8 Å². The minimum absolute atomic E-state index is 0.0847. The summed E-state index contributed by atoms with van der Waals surface area (Å²) < 4.78 is 26.3. The van der Waals surface area contributed by atoms with Crippen LogP contribution in [-0.4, -0.2) is 41.1 Å². The van der Waals surface area contributed by atoms with Crippen molar-refractivity contribution in [2.45, 2.75) is 38.1 Å². The Morgan fingerprint density at radius 3 is 2.60 bits per heavy atom. The predicted octanol–water partition coefficient (Wildman–Crippen LogP) is 0.546. The number of rotatable bonds is 4. The van der Waals surface area contributed by atoms with E-state index < -0.39 is 10.0 Å². The zero-order valence-corrected chi connectivity index (χ0v) is 12.2. The Labute approximate surface area is 118 Å². The summed E-state index contributed by atoms with van der Waals surface area (Å²) in [7, 11) is -3.09. The van der Waals surface area contributed by atoms with E-state index >= 15 is 0 Å². The molecule has 0 radical (unpaired) electrons. The first-order valence-electron chi connectivity index (χ1n) is 7.10. The summed E-state index contributed by atoms with van der Waals surface area (Å²) in [5, 5.41) is 0. The summed E-state index contributed by atoms with van der Waals surface area (Å²) in [4.78, 5) is 16.3. The smallest absolute Gasteiger partial charge is 0.253 e. The first kappa shape index (κ1) is 13.8. The number of hydrogen-bond acceptors (Lipinski definition) is 4. The van der Waals surface area contributed by atoms with Gasteiger partial charge in [-0.3, -0.25) is 9.36 Å². The van der Waals surface area contributed by atoms with E-state index in [1.165, 1.54) is 15.3 Å². The van der Waals surface area contributed by atoms with Crippen molar-refractivity contribution >= 4 is 10.0 Å². The molecule has 6 nitrogen and oxygen atoms in total. The van der Waals surface area contributed by atoms with Gasteiger partial charge in [-0.2, -0.15) is 0 Å². The number of nitrogens with zero attached hydrogens (tertiary/aromatic N) is 3. The summed E-state index contributed by atoms with van der Waals surface area (Å²) in [6.07, 6.45) is 5.67. The molecule has 0 atom stereocenters. The van der Waals surface area contributed by atoms with E-state index in [9.17, 15) is 13.2 Å².